The average Bonchev–Trinajstić information content (AvgIpc) is 2.51. The number of benzene rings is 1. The molecule has 0 fully saturated rings. The second kappa shape index (κ2) is 8.78. The molecular weight excluding hydrogens is 266 g/mol. The maximum Gasteiger partial charge on any atom is 0.130 e. The summed E-state index contributed by atoms with van der Waals surface area (Å²) in [6, 6.07) is 4.23. The fourth-order valence-corrected chi connectivity index (χ4v) is 2.38. The molecule has 0 saturated carbocycles. The van der Waals surface area contributed by atoms with Crippen LogP contribution in [0.3, 0.4) is 0 Å². The molecule has 0 bridgehead atoms. The minimum absolute atomic E-state index is 0.455. The Morgan fingerprint density at radius 3 is 2.00 bits per heavy atom. The Morgan fingerprint density at radius 1 is 1.00 bits per heavy atom. The smallest absolute Gasteiger partial charge is 0.130 e. The van der Waals surface area contributed by atoms with Gasteiger partial charge in [-0.3, -0.25) is 0 Å². The summed E-state index contributed by atoms with van der Waals surface area (Å²) in [7, 11) is 4.97. The van der Waals surface area contributed by atoms with Crippen molar-refractivity contribution in [2.24, 2.45) is 5.92 Å². The zero-order valence-electron chi connectivity index (χ0n) is 14.2. The molecule has 0 aliphatic rings. The fourth-order valence-electron chi connectivity index (χ4n) is 2.38. The zero-order valence-corrected chi connectivity index (χ0v) is 14.2. The van der Waals surface area contributed by atoms with Crippen LogP contribution in [0, 0.1) is 5.92 Å². The van der Waals surface area contributed by atoms with Crippen LogP contribution in [-0.4, -0.2) is 27.4 Å². The highest BCUT2D eigenvalue weighted by atomic mass is 16.5. The molecule has 1 aromatic carbocycles. The van der Waals surface area contributed by atoms with Crippen molar-refractivity contribution in [2.75, 3.05) is 21.3 Å². The first-order valence-electron chi connectivity index (χ1n) is 7.57. The summed E-state index contributed by atoms with van der Waals surface area (Å²) >= 11 is 0. The van der Waals surface area contributed by atoms with Gasteiger partial charge in [0, 0.05) is 24.7 Å². The van der Waals surface area contributed by atoms with E-state index < -0.39 is 0 Å². The van der Waals surface area contributed by atoms with E-state index in [1.807, 2.05) is 12.1 Å². The van der Waals surface area contributed by atoms with Crippen LogP contribution in [0.25, 0.3) is 0 Å². The molecule has 21 heavy (non-hydrogen) atoms. The first kappa shape index (κ1) is 17.6. The van der Waals surface area contributed by atoms with Crippen LogP contribution in [-0.2, 0) is 6.54 Å². The molecule has 2 unspecified atom stereocenters. The predicted octanol–water partition coefficient (Wildman–Crippen LogP) is 3.63. The standard InChI is InChI=1S/C17H29NO3/c1-7-12(2)8-13(3)18-11-15-16(20-5)9-14(19-4)10-17(15)21-6/h9-10,12-13,18H,7-8,11H2,1-6H3. The van der Waals surface area contributed by atoms with Crippen molar-refractivity contribution in [2.45, 2.75) is 46.2 Å². The van der Waals surface area contributed by atoms with E-state index in [1.54, 1.807) is 21.3 Å². The molecule has 2 atom stereocenters. The molecule has 0 aliphatic carbocycles. The number of rotatable bonds is 9. The third-order valence-electron chi connectivity index (χ3n) is 3.90. The number of hydrogen-bond donors (Lipinski definition) is 1. The monoisotopic (exact) mass is 295 g/mol. The quantitative estimate of drug-likeness (QED) is 0.755. The lowest BCUT2D eigenvalue weighted by Gasteiger charge is -2.20. The van der Waals surface area contributed by atoms with E-state index >= 15 is 0 Å². The van der Waals surface area contributed by atoms with E-state index in [-0.39, 0.29) is 0 Å². The highest BCUT2D eigenvalue weighted by Crippen LogP contribution is 2.34. The van der Waals surface area contributed by atoms with Gasteiger partial charge in [0.15, 0.2) is 0 Å². The molecule has 4 nitrogen and oxygen atoms in total. The molecule has 120 valence electrons. The van der Waals surface area contributed by atoms with Gasteiger partial charge in [-0.25, -0.2) is 0 Å². The molecule has 4 heteroatoms. The Morgan fingerprint density at radius 2 is 1.57 bits per heavy atom. The van der Waals surface area contributed by atoms with Gasteiger partial charge < -0.3 is 19.5 Å². The minimum Gasteiger partial charge on any atom is -0.496 e. The molecule has 0 aliphatic heterocycles. The topological polar surface area (TPSA) is 39.7 Å². The Hall–Kier alpha value is -1.42. The highest BCUT2D eigenvalue weighted by molar-refractivity contribution is 5.50. The van der Waals surface area contributed by atoms with Crippen molar-refractivity contribution in [3.8, 4) is 17.2 Å². The molecule has 0 saturated heterocycles. The molecule has 0 radical (unpaired) electrons. The number of nitrogens with one attached hydrogen (secondary N) is 1. The van der Waals surface area contributed by atoms with Crippen molar-refractivity contribution in [3.05, 3.63) is 17.7 Å². The first-order chi connectivity index (χ1) is 10.0. The van der Waals surface area contributed by atoms with E-state index in [0.717, 1.165) is 35.2 Å². The van der Waals surface area contributed by atoms with Crippen LogP contribution in [0.4, 0.5) is 0 Å². The summed E-state index contributed by atoms with van der Waals surface area (Å²) < 4.78 is 16.2. The van der Waals surface area contributed by atoms with Crippen LogP contribution in [0.2, 0.25) is 0 Å². The second-order valence-corrected chi connectivity index (χ2v) is 5.54. The minimum atomic E-state index is 0.455. The van der Waals surface area contributed by atoms with E-state index in [4.69, 9.17) is 14.2 Å². The zero-order chi connectivity index (χ0) is 15.8. The molecular formula is C17H29NO3. The largest absolute Gasteiger partial charge is 0.496 e. The SMILES string of the molecule is CCC(C)CC(C)NCc1c(OC)cc(OC)cc1OC. The van der Waals surface area contributed by atoms with Gasteiger partial charge in [-0.15, -0.1) is 0 Å². The highest BCUT2D eigenvalue weighted by Gasteiger charge is 2.14. The van der Waals surface area contributed by atoms with Gasteiger partial charge in [-0.2, -0.15) is 0 Å². The third kappa shape index (κ3) is 5.12. The van der Waals surface area contributed by atoms with Gasteiger partial charge in [-0.1, -0.05) is 20.3 Å². The van der Waals surface area contributed by atoms with Crippen LogP contribution in [0.15, 0.2) is 12.1 Å². The molecule has 0 heterocycles. The van der Waals surface area contributed by atoms with Crippen LogP contribution >= 0.6 is 0 Å². The van der Waals surface area contributed by atoms with Crippen molar-refractivity contribution in [1.29, 1.82) is 0 Å². The molecule has 0 spiro atoms. The van der Waals surface area contributed by atoms with Gasteiger partial charge in [0.25, 0.3) is 0 Å². The Balaban J connectivity index is 2.81. The number of ether oxygens (including phenoxy) is 3. The van der Waals surface area contributed by atoms with Crippen LogP contribution in [0.5, 0.6) is 17.2 Å². The number of hydrogen-bond acceptors (Lipinski definition) is 4. The predicted molar refractivity (Wildman–Crippen MR) is 86.5 cm³/mol. The maximum absolute atomic E-state index is 5.46. The molecule has 0 amide bonds. The molecule has 1 N–H and O–H groups in total. The van der Waals surface area contributed by atoms with E-state index in [2.05, 4.69) is 26.1 Å². The van der Waals surface area contributed by atoms with E-state index in [0.29, 0.717) is 12.6 Å². The van der Waals surface area contributed by atoms with Gasteiger partial charge >= 0.3 is 0 Å². The van der Waals surface area contributed by atoms with Gasteiger partial charge in [0.05, 0.1) is 26.9 Å². The second-order valence-electron chi connectivity index (χ2n) is 5.54. The maximum atomic E-state index is 5.46. The van der Waals surface area contributed by atoms with Crippen molar-refractivity contribution in [3.63, 3.8) is 0 Å². The lowest BCUT2D eigenvalue weighted by molar-refractivity contribution is 0.360. The Labute approximate surface area is 128 Å². The Bertz CT molecular complexity index is 409. The fraction of sp³-hybridized carbons (Fsp3) is 0.647. The lowest BCUT2D eigenvalue weighted by Crippen LogP contribution is -2.27. The van der Waals surface area contributed by atoms with Gasteiger partial charge in [-0.05, 0) is 19.3 Å². The summed E-state index contributed by atoms with van der Waals surface area (Å²) in [4.78, 5) is 0. The van der Waals surface area contributed by atoms with E-state index in [9.17, 15) is 0 Å². The summed E-state index contributed by atoms with van der Waals surface area (Å²) in [5.74, 6) is 3.04. The van der Waals surface area contributed by atoms with E-state index in [1.165, 1.54) is 6.42 Å². The van der Waals surface area contributed by atoms with Gasteiger partial charge in [0.1, 0.15) is 17.2 Å². The van der Waals surface area contributed by atoms with Crippen molar-refractivity contribution < 1.29 is 14.2 Å². The normalized spacial score (nSPS) is 13.6. The van der Waals surface area contributed by atoms with Gasteiger partial charge in [0.2, 0.25) is 0 Å². The lowest BCUT2D eigenvalue weighted by atomic mass is 10.00. The molecule has 1 rings (SSSR count). The number of methoxy groups -OCH3 is 3. The molecule has 1 aromatic rings. The third-order valence-corrected chi connectivity index (χ3v) is 3.90. The van der Waals surface area contributed by atoms with Crippen LogP contribution in [0.1, 0.15) is 39.2 Å². The summed E-state index contributed by atoms with van der Waals surface area (Å²) in [5, 5.41) is 3.55. The van der Waals surface area contributed by atoms with Crippen molar-refractivity contribution in [1.82, 2.24) is 5.32 Å². The summed E-state index contributed by atoms with van der Waals surface area (Å²) in [6.45, 7) is 7.45. The first-order valence-corrected chi connectivity index (χ1v) is 7.57. The average molecular weight is 295 g/mol. The Kier molecular flexibility index (Phi) is 7.37. The molecule has 0 aromatic heterocycles. The van der Waals surface area contributed by atoms with Crippen molar-refractivity contribution >= 4 is 0 Å². The summed E-state index contributed by atoms with van der Waals surface area (Å²) in [5.41, 5.74) is 1.02. The van der Waals surface area contributed by atoms with Crippen LogP contribution < -0.4 is 19.5 Å². The summed E-state index contributed by atoms with van der Waals surface area (Å²) in [6.07, 6.45) is 2.37.